The van der Waals surface area contributed by atoms with Crippen LogP contribution in [0.4, 0.5) is 5.69 Å². The third kappa shape index (κ3) is 3.62. The zero-order valence-corrected chi connectivity index (χ0v) is 14.6. The number of halogens is 3. The predicted octanol–water partition coefficient (Wildman–Crippen LogP) is 4.72. The van der Waals surface area contributed by atoms with Crippen LogP contribution in [0.15, 0.2) is 33.5 Å². The van der Waals surface area contributed by atoms with E-state index in [4.69, 9.17) is 11.6 Å². The van der Waals surface area contributed by atoms with E-state index in [-0.39, 0.29) is 5.91 Å². The van der Waals surface area contributed by atoms with Crippen molar-refractivity contribution in [2.24, 2.45) is 0 Å². The van der Waals surface area contributed by atoms with Crippen molar-refractivity contribution in [3.05, 3.63) is 44.3 Å². The summed E-state index contributed by atoms with van der Waals surface area (Å²) < 4.78 is 3.44. The molecule has 0 saturated heterocycles. The second kappa shape index (κ2) is 6.74. The summed E-state index contributed by atoms with van der Waals surface area (Å²) in [6, 6.07) is 3.51. The zero-order valence-electron chi connectivity index (χ0n) is 10.7. The molecule has 0 unspecified atom stereocenters. The number of amides is 1. The lowest BCUT2D eigenvalue weighted by molar-refractivity contribution is 0.101. The highest BCUT2D eigenvalue weighted by Gasteiger charge is 2.13. The first-order valence-electron chi connectivity index (χ1n) is 5.99. The van der Waals surface area contributed by atoms with E-state index < -0.39 is 0 Å². The smallest absolute Gasteiger partial charge is 0.272 e. The van der Waals surface area contributed by atoms with Gasteiger partial charge in [-0.1, -0.05) is 18.5 Å². The normalized spacial score (nSPS) is 10.6. The number of carbonyl (C=O) groups is 1. The number of aryl methyl sites for hydroxylation is 1. The second-order valence-electron chi connectivity index (χ2n) is 4.19. The first-order chi connectivity index (χ1) is 9.51. The molecule has 0 aliphatic carbocycles. The van der Waals surface area contributed by atoms with Gasteiger partial charge in [-0.25, -0.2) is 4.98 Å². The molecule has 20 heavy (non-hydrogen) atoms. The summed E-state index contributed by atoms with van der Waals surface area (Å²) in [5, 5.41) is 3.17. The van der Waals surface area contributed by atoms with E-state index in [0.717, 1.165) is 17.4 Å². The average Bonchev–Trinajstić information content (AvgIpc) is 2.75. The number of hydrogen-bond acceptors (Lipinski definition) is 2. The quantitative estimate of drug-likeness (QED) is 0.726. The van der Waals surface area contributed by atoms with E-state index in [2.05, 4.69) is 49.1 Å². The van der Waals surface area contributed by atoms with Gasteiger partial charge in [0.05, 0.1) is 16.4 Å². The van der Waals surface area contributed by atoms with Gasteiger partial charge in [0.25, 0.3) is 5.91 Å². The Hall–Kier alpha value is -0.850. The number of nitrogens with one attached hydrogen (secondary N) is 1. The second-order valence-corrected chi connectivity index (χ2v) is 6.32. The highest BCUT2D eigenvalue weighted by atomic mass is 79.9. The molecule has 2 aromatic heterocycles. The zero-order chi connectivity index (χ0) is 14.7. The summed E-state index contributed by atoms with van der Waals surface area (Å²) in [5.41, 5.74) is 1.19. The van der Waals surface area contributed by atoms with Gasteiger partial charge in [0.1, 0.15) is 10.8 Å². The fourth-order valence-corrected chi connectivity index (χ4v) is 2.69. The van der Waals surface area contributed by atoms with E-state index >= 15 is 0 Å². The molecule has 2 heterocycles. The van der Waals surface area contributed by atoms with Gasteiger partial charge >= 0.3 is 0 Å². The Kier molecular flexibility index (Phi) is 5.23. The maximum Gasteiger partial charge on any atom is 0.272 e. The fraction of sp³-hybridized carbons (Fsp3) is 0.231. The molecule has 4 nitrogen and oxygen atoms in total. The molecule has 0 radical (unpaired) electrons. The molecular weight excluding hydrogens is 409 g/mol. The maximum absolute atomic E-state index is 12.3. The summed E-state index contributed by atoms with van der Waals surface area (Å²) in [4.78, 5) is 16.3. The minimum Gasteiger partial charge on any atom is -0.342 e. The molecule has 0 bridgehead atoms. The Morgan fingerprint density at radius 1 is 1.45 bits per heavy atom. The molecule has 0 aromatic carbocycles. The number of nitrogens with zero attached hydrogens (tertiary/aromatic N) is 2. The number of anilines is 1. The van der Waals surface area contributed by atoms with Crippen LogP contribution in [0.2, 0.25) is 5.15 Å². The third-order valence-corrected chi connectivity index (χ3v) is 4.18. The molecule has 0 fully saturated rings. The number of aromatic nitrogens is 2. The monoisotopic (exact) mass is 419 g/mol. The lowest BCUT2D eigenvalue weighted by atomic mass is 10.3. The molecule has 0 saturated carbocycles. The van der Waals surface area contributed by atoms with Crippen LogP contribution in [0.1, 0.15) is 23.8 Å². The minimum absolute atomic E-state index is 0.180. The van der Waals surface area contributed by atoms with Crippen molar-refractivity contribution >= 4 is 55.1 Å². The van der Waals surface area contributed by atoms with E-state index in [1.165, 1.54) is 6.20 Å². The van der Waals surface area contributed by atoms with Gasteiger partial charge in [-0.15, -0.1) is 0 Å². The lowest BCUT2D eigenvalue weighted by Gasteiger charge is -2.09. The first-order valence-corrected chi connectivity index (χ1v) is 7.95. The van der Waals surface area contributed by atoms with Gasteiger partial charge in [0.15, 0.2) is 0 Å². The molecular formula is C13H12Br2ClN3O. The summed E-state index contributed by atoms with van der Waals surface area (Å²) >= 11 is 12.5. The van der Waals surface area contributed by atoms with Crippen LogP contribution in [0.25, 0.3) is 0 Å². The van der Waals surface area contributed by atoms with Crippen LogP contribution in [-0.2, 0) is 6.54 Å². The van der Waals surface area contributed by atoms with E-state index in [0.29, 0.717) is 21.0 Å². The van der Waals surface area contributed by atoms with Gasteiger partial charge < -0.3 is 9.88 Å². The van der Waals surface area contributed by atoms with Crippen molar-refractivity contribution in [1.29, 1.82) is 0 Å². The van der Waals surface area contributed by atoms with Crippen molar-refractivity contribution in [2.75, 3.05) is 5.32 Å². The first kappa shape index (κ1) is 15.5. The van der Waals surface area contributed by atoms with Crippen molar-refractivity contribution in [3.63, 3.8) is 0 Å². The van der Waals surface area contributed by atoms with Crippen LogP contribution < -0.4 is 5.32 Å². The van der Waals surface area contributed by atoms with Crippen molar-refractivity contribution in [2.45, 2.75) is 19.9 Å². The van der Waals surface area contributed by atoms with Gasteiger partial charge in [0, 0.05) is 17.2 Å². The Balaban J connectivity index is 2.21. The van der Waals surface area contributed by atoms with Gasteiger partial charge in [-0.3, -0.25) is 4.79 Å². The molecule has 2 aromatic rings. The van der Waals surface area contributed by atoms with Gasteiger partial charge in [0.2, 0.25) is 0 Å². The van der Waals surface area contributed by atoms with Crippen LogP contribution in [0.5, 0.6) is 0 Å². The summed E-state index contributed by atoms with van der Waals surface area (Å²) in [7, 11) is 0. The predicted molar refractivity (Wildman–Crippen MR) is 87.3 cm³/mol. The van der Waals surface area contributed by atoms with E-state index in [1.807, 2.05) is 10.8 Å². The molecule has 0 aliphatic rings. The number of rotatable bonds is 4. The lowest BCUT2D eigenvalue weighted by Crippen LogP contribution is -2.16. The molecule has 1 amide bonds. The Morgan fingerprint density at radius 3 is 2.85 bits per heavy atom. The largest absolute Gasteiger partial charge is 0.342 e. The molecule has 0 aliphatic heterocycles. The molecule has 0 spiro atoms. The molecule has 7 heteroatoms. The van der Waals surface area contributed by atoms with Gasteiger partial charge in [-0.05, 0) is 50.4 Å². The summed E-state index contributed by atoms with van der Waals surface area (Å²) in [6.45, 7) is 2.85. The van der Waals surface area contributed by atoms with Crippen LogP contribution in [0, 0.1) is 0 Å². The average molecular weight is 422 g/mol. The third-order valence-electron chi connectivity index (χ3n) is 2.61. The molecule has 1 N–H and O–H groups in total. The molecule has 0 atom stereocenters. The highest BCUT2D eigenvalue weighted by Crippen LogP contribution is 2.23. The van der Waals surface area contributed by atoms with Crippen molar-refractivity contribution < 1.29 is 4.79 Å². The van der Waals surface area contributed by atoms with Crippen molar-refractivity contribution in [3.8, 4) is 0 Å². The number of pyridine rings is 1. The Bertz CT molecular complexity index is 643. The maximum atomic E-state index is 12.3. The Labute approximate surface area is 138 Å². The van der Waals surface area contributed by atoms with Crippen LogP contribution in [-0.4, -0.2) is 15.5 Å². The SMILES string of the molecule is CCCn1cc(Br)cc1C(=O)Nc1cnc(Cl)c(Br)c1. The number of hydrogen-bond donors (Lipinski definition) is 1. The summed E-state index contributed by atoms with van der Waals surface area (Å²) in [6.07, 6.45) is 4.37. The van der Waals surface area contributed by atoms with Crippen LogP contribution in [0.3, 0.4) is 0 Å². The molecule has 2 rings (SSSR count). The topological polar surface area (TPSA) is 46.9 Å². The highest BCUT2D eigenvalue weighted by molar-refractivity contribution is 9.10. The fourth-order valence-electron chi connectivity index (χ4n) is 1.78. The van der Waals surface area contributed by atoms with E-state index in [9.17, 15) is 4.79 Å². The van der Waals surface area contributed by atoms with Crippen LogP contribution >= 0.6 is 43.5 Å². The minimum atomic E-state index is -0.180. The standard InChI is InChI=1S/C13H12Br2ClN3O/c1-2-3-19-7-8(14)4-11(19)13(20)18-9-5-10(15)12(16)17-6-9/h4-7H,2-3H2,1H3,(H,18,20). The van der Waals surface area contributed by atoms with Crippen molar-refractivity contribution in [1.82, 2.24) is 9.55 Å². The molecule has 106 valence electrons. The van der Waals surface area contributed by atoms with Gasteiger partial charge in [-0.2, -0.15) is 0 Å². The number of carbonyl (C=O) groups excluding carboxylic acids is 1. The van der Waals surface area contributed by atoms with E-state index in [1.54, 1.807) is 12.1 Å². The summed E-state index contributed by atoms with van der Waals surface area (Å²) in [5.74, 6) is -0.180. The Morgan fingerprint density at radius 2 is 2.20 bits per heavy atom.